The van der Waals surface area contributed by atoms with E-state index in [2.05, 4.69) is 5.32 Å². The maximum absolute atomic E-state index is 13.4. The van der Waals surface area contributed by atoms with Gasteiger partial charge in [0.2, 0.25) is 0 Å². The number of hydrogen-bond donors (Lipinski definition) is 2. The average Bonchev–Trinajstić information content (AvgIpc) is 2.84. The van der Waals surface area contributed by atoms with Gasteiger partial charge in [0.1, 0.15) is 6.10 Å². The van der Waals surface area contributed by atoms with Crippen molar-refractivity contribution in [3.8, 4) is 5.75 Å². The summed E-state index contributed by atoms with van der Waals surface area (Å²) in [7, 11) is 5.23. The Morgan fingerprint density at radius 1 is 1.19 bits per heavy atom. The molecule has 0 aromatic heterocycles. The highest BCUT2D eigenvalue weighted by molar-refractivity contribution is 5.99. The molecule has 0 fully saturated rings. The van der Waals surface area contributed by atoms with Crippen LogP contribution in [0.3, 0.4) is 0 Å². The lowest BCUT2D eigenvalue weighted by Crippen LogP contribution is -2.50. The lowest BCUT2D eigenvalue weighted by atomic mass is 9.99. The molecule has 1 aliphatic heterocycles. The number of amides is 3. The van der Waals surface area contributed by atoms with Crippen molar-refractivity contribution in [3.05, 3.63) is 53.6 Å². The number of carbonyl (C=O) groups excluding carboxylic acids is 2. The van der Waals surface area contributed by atoms with E-state index in [4.69, 9.17) is 4.74 Å². The quantitative estimate of drug-likeness (QED) is 0.595. The van der Waals surface area contributed by atoms with Gasteiger partial charge in [-0.1, -0.05) is 13.0 Å². The standard InChI is InChI=1S/C26H33F3N4O4/c1-16-13-33(17(2)15-34)24(35)20-7-6-8-21(31(3)4)23(20)37-22(16)14-32(5)25(36)30-19-11-9-18(10-12-19)26(27,28)29/h6-12,16-17,22,34H,13-15H2,1-5H3,(H,30,36)/t16-,17+,22+/m0/s1. The van der Waals surface area contributed by atoms with Crippen molar-refractivity contribution in [2.24, 2.45) is 5.92 Å². The van der Waals surface area contributed by atoms with Crippen LogP contribution in [0.5, 0.6) is 5.75 Å². The molecule has 0 bridgehead atoms. The van der Waals surface area contributed by atoms with E-state index in [-0.39, 0.29) is 30.7 Å². The molecule has 11 heteroatoms. The Morgan fingerprint density at radius 2 is 1.84 bits per heavy atom. The molecule has 0 radical (unpaired) electrons. The van der Waals surface area contributed by atoms with E-state index in [1.54, 1.807) is 31.0 Å². The molecule has 202 valence electrons. The second-order valence-electron chi connectivity index (χ2n) is 9.56. The molecule has 0 saturated heterocycles. The predicted molar refractivity (Wildman–Crippen MR) is 135 cm³/mol. The molecule has 2 aromatic rings. The lowest BCUT2D eigenvalue weighted by Gasteiger charge is -2.39. The first-order valence-electron chi connectivity index (χ1n) is 11.9. The number of para-hydroxylation sites is 1. The number of nitrogens with zero attached hydrogens (tertiary/aromatic N) is 3. The summed E-state index contributed by atoms with van der Waals surface area (Å²) in [4.78, 5) is 31.1. The van der Waals surface area contributed by atoms with Gasteiger partial charge in [-0.3, -0.25) is 4.79 Å². The van der Waals surface area contributed by atoms with Crippen molar-refractivity contribution >= 4 is 23.3 Å². The van der Waals surface area contributed by atoms with Crippen LogP contribution in [0.25, 0.3) is 0 Å². The van der Waals surface area contributed by atoms with Crippen molar-refractivity contribution in [1.82, 2.24) is 9.80 Å². The minimum Gasteiger partial charge on any atom is -0.485 e. The maximum Gasteiger partial charge on any atom is 0.416 e. The third-order valence-corrected chi connectivity index (χ3v) is 6.42. The summed E-state index contributed by atoms with van der Waals surface area (Å²) in [5.74, 6) is -0.0812. The zero-order valence-electron chi connectivity index (χ0n) is 21.5. The Labute approximate surface area is 214 Å². The molecule has 3 amide bonds. The summed E-state index contributed by atoms with van der Waals surface area (Å²) in [5.41, 5.74) is 0.478. The van der Waals surface area contributed by atoms with Crippen LogP contribution in [0.2, 0.25) is 0 Å². The van der Waals surface area contributed by atoms with Crippen molar-refractivity contribution in [2.75, 3.05) is 51.1 Å². The van der Waals surface area contributed by atoms with Gasteiger partial charge in [-0.2, -0.15) is 13.2 Å². The maximum atomic E-state index is 13.4. The van der Waals surface area contributed by atoms with Crippen molar-refractivity contribution in [2.45, 2.75) is 32.2 Å². The van der Waals surface area contributed by atoms with E-state index in [1.165, 1.54) is 17.0 Å². The molecule has 1 aliphatic rings. The average molecular weight is 523 g/mol. The smallest absolute Gasteiger partial charge is 0.416 e. The first kappa shape index (κ1) is 28.1. The van der Waals surface area contributed by atoms with Crippen molar-refractivity contribution in [3.63, 3.8) is 0 Å². The zero-order chi connectivity index (χ0) is 27.5. The number of hydrogen-bond acceptors (Lipinski definition) is 5. The summed E-state index contributed by atoms with van der Waals surface area (Å²) in [6, 6.07) is 8.53. The molecule has 37 heavy (non-hydrogen) atoms. The van der Waals surface area contributed by atoms with Crippen LogP contribution < -0.4 is 15.0 Å². The number of aliphatic hydroxyl groups is 1. The van der Waals surface area contributed by atoms with E-state index in [0.717, 1.165) is 12.1 Å². The predicted octanol–water partition coefficient (Wildman–Crippen LogP) is 4.16. The van der Waals surface area contributed by atoms with Crippen LogP contribution in [-0.2, 0) is 6.18 Å². The van der Waals surface area contributed by atoms with Gasteiger partial charge in [0.05, 0.1) is 36.0 Å². The van der Waals surface area contributed by atoms with Gasteiger partial charge < -0.3 is 29.9 Å². The van der Waals surface area contributed by atoms with Crippen LogP contribution in [0.4, 0.5) is 29.3 Å². The van der Waals surface area contributed by atoms with Crippen molar-refractivity contribution in [1.29, 1.82) is 0 Å². The van der Waals surface area contributed by atoms with E-state index in [9.17, 15) is 27.9 Å². The number of rotatable bonds is 6. The molecular weight excluding hydrogens is 489 g/mol. The van der Waals surface area contributed by atoms with E-state index < -0.39 is 29.9 Å². The minimum atomic E-state index is -4.46. The van der Waals surface area contributed by atoms with Crippen LogP contribution in [0, 0.1) is 5.92 Å². The SMILES string of the molecule is C[C@H](CO)N1C[C@H](C)[C@@H](CN(C)C(=O)Nc2ccc(C(F)(F)F)cc2)Oc2c(cccc2N(C)C)C1=O. The van der Waals surface area contributed by atoms with E-state index in [1.807, 2.05) is 32.0 Å². The van der Waals surface area contributed by atoms with Crippen LogP contribution in [-0.4, -0.2) is 79.8 Å². The highest BCUT2D eigenvalue weighted by Crippen LogP contribution is 2.36. The fourth-order valence-electron chi connectivity index (χ4n) is 4.11. The molecule has 3 rings (SSSR count). The molecular formula is C26H33F3N4O4. The van der Waals surface area contributed by atoms with Gasteiger partial charge in [0, 0.05) is 39.3 Å². The summed E-state index contributed by atoms with van der Waals surface area (Å²) >= 11 is 0. The molecule has 0 spiro atoms. The molecule has 8 nitrogen and oxygen atoms in total. The molecule has 0 aliphatic carbocycles. The number of aliphatic hydroxyl groups excluding tert-OH is 1. The lowest BCUT2D eigenvalue weighted by molar-refractivity contribution is -0.137. The molecule has 2 aromatic carbocycles. The number of alkyl halides is 3. The third-order valence-electron chi connectivity index (χ3n) is 6.42. The van der Waals surface area contributed by atoms with Crippen LogP contribution >= 0.6 is 0 Å². The first-order valence-corrected chi connectivity index (χ1v) is 11.9. The fraction of sp³-hybridized carbons (Fsp3) is 0.462. The van der Waals surface area contributed by atoms with Gasteiger partial charge in [0.15, 0.2) is 5.75 Å². The largest absolute Gasteiger partial charge is 0.485 e. The number of urea groups is 1. The van der Waals surface area contributed by atoms with Gasteiger partial charge in [-0.05, 0) is 43.3 Å². The highest BCUT2D eigenvalue weighted by Gasteiger charge is 2.35. The Kier molecular flexibility index (Phi) is 8.57. The normalized spacial score (nSPS) is 18.7. The topological polar surface area (TPSA) is 85.3 Å². The number of fused-ring (bicyclic) bond motifs is 1. The van der Waals surface area contributed by atoms with Gasteiger partial charge in [-0.25, -0.2) is 4.79 Å². The van der Waals surface area contributed by atoms with E-state index >= 15 is 0 Å². The van der Waals surface area contributed by atoms with Crippen LogP contribution in [0.1, 0.15) is 29.8 Å². The van der Waals surface area contributed by atoms with Gasteiger partial charge >= 0.3 is 12.2 Å². The van der Waals surface area contributed by atoms with Crippen molar-refractivity contribution < 1.29 is 32.6 Å². The summed E-state index contributed by atoms with van der Waals surface area (Å²) in [6.07, 6.45) is -4.99. The summed E-state index contributed by atoms with van der Waals surface area (Å²) in [6.45, 7) is 3.90. The Balaban J connectivity index is 1.85. The number of ether oxygens (including phenoxy) is 1. The van der Waals surface area contributed by atoms with E-state index in [0.29, 0.717) is 23.5 Å². The number of likely N-dealkylation sites (N-methyl/N-ethyl adjacent to an activating group) is 1. The van der Waals surface area contributed by atoms with Gasteiger partial charge in [0.25, 0.3) is 5.91 Å². The number of benzene rings is 2. The number of nitrogens with one attached hydrogen (secondary N) is 1. The summed E-state index contributed by atoms with van der Waals surface area (Å²) < 4.78 is 44.9. The Bertz CT molecular complexity index is 1110. The highest BCUT2D eigenvalue weighted by atomic mass is 19.4. The molecule has 3 atom stereocenters. The summed E-state index contributed by atoms with van der Waals surface area (Å²) in [5, 5.41) is 12.4. The second kappa shape index (κ2) is 11.3. The minimum absolute atomic E-state index is 0.143. The number of anilines is 2. The molecule has 0 saturated carbocycles. The van der Waals surface area contributed by atoms with Crippen LogP contribution in [0.15, 0.2) is 42.5 Å². The fourth-order valence-corrected chi connectivity index (χ4v) is 4.11. The molecule has 0 unspecified atom stereocenters. The first-order chi connectivity index (χ1) is 17.3. The number of halogens is 3. The Morgan fingerprint density at radius 3 is 2.41 bits per heavy atom. The molecule has 1 heterocycles. The zero-order valence-corrected chi connectivity index (χ0v) is 21.5. The third kappa shape index (κ3) is 6.46. The van der Waals surface area contributed by atoms with Gasteiger partial charge in [-0.15, -0.1) is 0 Å². The second-order valence-corrected chi connectivity index (χ2v) is 9.56. The Hall–Kier alpha value is -3.47. The molecule has 2 N–H and O–H groups in total. The monoisotopic (exact) mass is 522 g/mol. The number of carbonyl (C=O) groups is 2.